The summed E-state index contributed by atoms with van der Waals surface area (Å²) in [6.45, 7) is 0. The van der Waals surface area contributed by atoms with E-state index in [1.807, 2.05) is 36.6 Å². The molecular weight excluding hydrogens is 364 g/mol. The standard InChI is InChI=1S/C20H18N2O2S2/c1-24-15-9-7-14(8-10-15)22-12-13(11-21)18(23)19-16-5-3-4-6-17(16)20(25-2)26-19/h4,6-10,12,22H,3,5H2,1-2H3/b13-12-. The first-order chi connectivity index (χ1) is 12.7. The topological polar surface area (TPSA) is 62.1 Å². The minimum absolute atomic E-state index is 0.104. The molecule has 0 radical (unpaired) electrons. The summed E-state index contributed by atoms with van der Waals surface area (Å²) in [6.07, 6.45) is 9.48. The lowest BCUT2D eigenvalue weighted by molar-refractivity contribution is 0.104. The molecule has 0 fully saturated rings. The normalized spacial score (nSPS) is 13.0. The van der Waals surface area contributed by atoms with E-state index in [0.717, 1.165) is 39.6 Å². The number of fused-ring (bicyclic) bond motifs is 1. The Morgan fingerprint density at radius 3 is 2.81 bits per heavy atom. The molecule has 1 aliphatic rings. The SMILES string of the molecule is COc1ccc(N/C=C(/C#N)C(=O)c2sc(SC)c3c2CCC=C3)cc1. The predicted molar refractivity (Wildman–Crippen MR) is 108 cm³/mol. The number of anilines is 1. The van der Waals surface area contributed by atoms with Gasteiger partial charge in [0, 0.05) is 17.5 Å². The van der Waals surface area contributed by atoms with Crippen LogP contribution in [0.15, 0.2) is 46.3 Å². The lowest BCUT2D eigenvalue weighted by Crippen LogP contribution is -2.06. The summed E-state index contributed by atoms with van der Waals surface area (Å²) in [6, 6.07) is 9.33. The molecule has 0 aliphatic heterocycles. The molecule has 3 rings (SSSR count). The van der Waals surface area contributed by atoms with Crippen molar-refractivity contribution >= 4 is 40.6 Å². The van der Waals surface area contributed by atoms with Gasteiger partial charge < -0.3 is 10.1 Å². The third kappa shape index (κ3) is 3.69. The zero-order valence-electron chi connectivity index (χ0n) is 14.5. The maximum Gasteiger partial charge on any atom is 0.215 e. The van der Waals surface area contributed by atoms with E-state index in [1.54, 1.807) is 18.9 Å². The number of ether oxygens (including phenoxy) is 1. The fraction of sp³-hybridized carbons (Fsp3) is 0.200. The van der Waals surface area contributed by atoms with Crippen LogP contribution in [-0.2, 0) is 6.42 Å². The average molecular weight is 383 g/mol. The van der Waals surface area contributed by atoms with E-state index in [9.17, 15) is 10.1 Å². The van der Waals surface area contributed by atoms with E-state index >= 15 is 0 Å². The number of methoxy groups -OCH3 is 1. The van der Waals surface area contributed by atoms with Gasteiger partial charge in [0.05, 0.1) is 16.2 Å². The Hall–Kier alpha value is -2.49. The van der Waals surface area contributed by atoms with Crippen LogP contribution in [-0.4, -0.2) is 19.1 Å². The molecule has 2 aromatic rings. The van der Waals surface area contributed by atoms with Crippen LogP contribution in [0.25, 0.3) is 6.08 Å². The van der Waals surface area contributed by atoms with Crippen molar-refractivity contribution in [2.45, 2.75) is 17.1 Å². The van der Waals surface area contributed by atoms with Crippen molar-refractivity contribution in [1.82, 2.24) is 0 Å². The molecule has 6 heteroatoms. The van der Waals surface area contributed by atoms with Crippen LogP contribution in [0.4, 0.5) is 5.69 Å². The van der Waals surface area contributed by atoms with Gasteiger partial charge in [-0.25, -0.2) is 0 Å². The van der Waals surface area contributed by atoms with Gasteiger partial charge in [-0.2, -0.15) is 5.26 Å². The number of nitrogens with one attached hydrogen (secondary N) is 1. The van der Waals surface area contributed by atoms with Gasteiger partial charge in [0.25, 0.3) is 0 Å². The summed E-state index contributed by atoms with van der Waals surface area (Å²) in [4.78, 5) is 13.6. The maximum atomic E-state index is 12.9. The molecule has 1 aliphatic carbocycles. The van der Waals surface area contributed by atoms with Crippen molar-refractivity contribution in [2.24, 2.45) is 0 Å². The number of allylic oxidation sites excluding steroid dienone is 2. The summed E-state index contributed by atoms with van der Waals surface area (Å²) < 4.78 is 6.25. The molecule has 0 saturated heterocycles. The van der Waals surface area contributed by atoms with E-state index < -0.39 is 0 Å². The number of nitriles is 1. The molecule has 0 amide bonds. The fourth-order valence-electron chi connectivity index (χ4n) is 2.75. The van der Waals surface area contributed by atoms with Gasteiger partial charge >= 0.3 is 0 Å². The summed E-state index contributed by atoms with van der Waals surface area (Å²) >= 11 is 3.12. The van der Waals surface area contributed by atoms with E-state index in [0.29, 0.717) is 4.88 Å². The molecule has 1 N–H and O–H groups in total. The summed E-state index contributed by atoms with van der Waals surface area (Å²) in [5.74, 6) is 0.532. The molecule has 26 heavy (non-hydrogen) atoms. The van der Waals surface area contributed by atoms with Crippen LogP contribution in [0.1, 0.15) is 27.2 Å². The van der Waals surface area contributed by atoms with Crippen LogP contribution in [0.3, 0.4) is 0 Å². The first-order valence-corrected chi connectivity index (χ1v) is 10.1. The third-order valence-corrected chi connectivity index (χ3v) is 6.47. The Morgan fingerprint density at radius 2 is 2.15 bits per heavy atom. The molecule has 0 bridgehead atoms. The van der Waals surface area contributed by atoms with Gasteiger partial charge in [0.2, 0.25) is 5.78 Å². The second kappa shape index (κ2) is 8.26. The monoisotopic (exact) mass is 382 g/mol. The second-order valence-electron chi connectivity index (χ2n) is 5.63. The highest BCUT2D eigenvalue weighted by Crippen LogP contribution is 2.39. The predicted octanol–water partition coefficient (Wildman–Crippen LogP) is 5.14. The van der Waals surface area contributed by atoms with E-state index in [4.69, 9.17) is 4.74 Å². The van der Waals surface area contributed by atoms with Crippen LogP contribution in [0, 0.1) is 11.3 Å². The molecule has 1 heterocycles. The van der Waals surface area contributed by atoms with Crippen molar-refractivity contribution in [3.8, 4) is 11.8 Å². The molecule has 4 nitrogen and oxygen atoms in total. The maximum absolute atomic E-state index is 12.9. The van der Waals surface area contributed by atoms with Crippen molar-refractivity contribution in [2.75, 3.05) is 18.7 Å². The third-order valence-electron chi connectivity index (χ3n) is 4.09. The van der Waals surface area contributed by atoms with E-state index in [1.165, 1.54) is 17.5 Å². The van der Waals surface area contributed by atoms with Gasteiger partial charge in [-0.3, -0.25) is 4.79 Å². The number of ketones is 1. The summed E-state index contributed by atoms with van der Waals surface area (Å²) in [5.41, 5.74) is 3.09. The first kappa shape index (κ1) is 18.3. The number of Topliss-reactive ketones (excluding diaryl/α,β-unsaturated/α-hetero) is 1. The number of benzene rings is 1. The smallest absolute Gasteiger partial charge is 0.215 e. The molecule has 1 aromatic heterocycles. The van der Waals surface area contributed by atoms with Crippen molar-refractivity contribution in [1.29, 1.82) is 5.26 Å². The minimum Gasteiger partial charge on any atom is -0.497 e. The number of carbonyl (C=O) groups is 1. The number of thiophene rings is 1. The van der Waals surface area contributed by atoms with Crippen LogP contribution < -0.4 is 10.1 Å². The summed E-state index contributed by atoms with van der Waals surface area (Å²) in [5, 5.41) is 12.5. The molecular formula is C20H18N2O2S2. The van der Waals surface area contributed by atoms with Crippen LogP contribution in [0.5, 0.6) is 5.75 Å². The zero-order valence-corrected chi connectivity index (χ0v) is 16.2. The minimum atomic E-state index is -0.217. The highest BCUT2D eigenvalue weighted by atomic mass is 32.2. The van der Waals surface area contributed by atoms with E-state index in [2.05, 4.69) is 17.5 Å². The number of thioether (sulfide) groups is 1. The van der Waals surface area contributed by atoms with Gasteiger partial charge in [-0.05, 0) is 48.9 Å². The van der Waals surface area contributed by atoms with Gasteiger partial charge in [0.1, 0.15) is 17.4 Å². The fourth-order valence-corrected chi connectivity index (χ4v) is 4.77. The van der Waals surface area contributed by atoms with Crippen LogP contribution in [0.2, 0.25) is 0 Å². The van der Waals surface area contributed by atoms with E-state index in [-0.39, 0.29) is 11.4 Å². The van der Waals surface area contributed by atoms with Crippen LogP contribution >= 0.6 is 23.1 Å². The van der Waals surface area contributed by atoms with Gasteiger partial charge in [0.15, 0.2) is 0 Å². The number of hydrogen-bond donors (Lipinski definition) is 1. The molecule has 132 valence electrons. The largest absolute Gasteiger partial charge is 0.497 e. The number of rotatable bonds is 6. The van der Waals surface area contributed by atoms with Gasteiger partial charge in [-0.15, -0.1) is 23.1 Å². The van der Waals surface area contributed by atoms with Crippen molar-refractivity contribution in [3.63, 3.8) is 0 Å². The average Bonchev–Trinajstić information content (AvgIpc) is 3.07. The number of nitrogens with zero attached hydrogens (tertiary/aromatic N) is 1. The highest BCUT2D eigenvalue weighted by molar-refractivity contribution is 8.00. The highest BCUT2D eigenvalue weighted by Gasteiger charge is 2.24. The molecule has 0 unspecified atom stereocenters. The Kier molecular flexibility index (Phi) is 5.82. The number of carbonyl (C=O) groups excluding carboxylic acids is 1. The van der Waals surface area contributed by atoms with Crippen molar-refractivity contribution in [3.05, 3.63) is 58.1 Å². The lowest BCUT2D eigenvalue weighted by atomic mass is 9.97. The summed E-state index contributed by atoms with van der Waals surface area (Å²) in [7, 11) is 1.61. The zero-order chi connectivity index (χ0) is 18.5. The molecule has 0 spiro atoms. The number of hydrogen-bond acceptors (Lipinski definition) is 6. The first-order valence-electron chi connectivity index (χ1n) is 8.09. The Morgan fingerprint density at radius 1 is 1.38 bits per heavy atom. The Bertz CT molecular complexity index is 919. The molecule has 0 saturated carbocycles. The second-order valence-corrected chi connectivity index (χ2v) is 7.72. The Balaban J connectivity index is 1.86. The van der Waals surface area contributed by atoms with Crippen molar-refractivity contribution < 1.29 is 9.53 Å². The Labute approximate surface area is 161 Å². The quantitative estimate of drug-likeness (QED) is 0.324. The molecule has 1 aromatic carbocycles. The lowest BCUT2D eigenvalue weighted by Gasteiger charge is -2.08. The van der Waals surface area contributed by atoms with Gasteiger partial charge in [-0.1, -0.05) is 12.2 Å². The molecule has 0 atom stereocenters.